The maximum Gasteiger partial charge on any atom is 0.264 e. The number of amides is 2. The normalized spacial score (nSPS) is 11.9. The fourth-order valence-corrected chi connectivity index (χ4v) is 5.33. The lowest BCUT2D eigenvalue weighted by molar-refractivity contribution is -0.139. The number of methoxy groups -OCH3 is 1. The highest BCUT2D eigenvalue weighted by atomic mass is 32.2. The van der Waals surface area contributed by atoms with Crippen LogP contribution in [0.25, 0.3) is 0 Å². The molecular formula is C29H34FN3O5S. The summed E-state index contributed by atoms with van der Waals surface area (Å²) < 4.78 is 48.3. The Kier molecular flexibility index (Phi) is 10.1. The molecule has 0 bridgehead atoms. The average molecular weight is 556 g/mol. The second-order valence-electron chi connectivity index (χ2n) is 9.11. The molecule has 3 aromatic rings. The van der Waals surface area contributed by atoms with Gasteiger partial charge in [0.1, 0.15) is 24.2 Å². The summed E-state index contributed by atoms with van der Waals surface area (Å²) in [7, 11) is -2.80. The van der Waals surface area contributed by atoms with Gasteiger partial charge in [-0.15, -0.1) is 0 Å². The van der Waals surface area contributed by atoms with Crippen LogP contribution in [0.5, 0.6) is 5.75 Å². The van der Waals surface area contributed by atoms with Crippen molar-refractivity contribution in [3.63, 3.8) is 0 Å². The Bertz CT molecular complexity index is 1380. The van der Waals surface area contributed by atoms with Gasteiger partial charge in [-0.05, 0) is 62.2 Å². The number of nitrogens with zero attached hydrogens (tertiary/aromatic N) is 2. The van der Waals surface area contributed by atoms with Crippen molar-refractivity contribution in [1.29, 1.82) is 0 Å². The molecule has 0 unspecified atom stereocenters. The van der Waals surface area contributed by atoms with Crippen LogP contribution in [0.2, 0.25) is 0 Å². The van der Waals surface area contributed by atoms with Crippen molar-refractivity contribution >= 4 is 27.5 Å². The number of anilines is 1. The van der Waals surface area contributed by atoms with Crippen LogP contribution < -0.4 is 14.4 Å². The summed E-state index contributed by atoms with van der Waals surface area (Å²) in [4.78, 5) is 27.9. The number of hydrogen-bond donors (Lipinski definition) is 1. The summed E-state index contributed by atoms with van der Waals surface area (Å²) in [5.41, 5.74) is 1.29. The molecule has 0 heterocycles. The molecule has 0 aliphatic carbocycles. The van der Waals surface area contributed by atoms with Crippen molar-refractivity contribution < 1.29 is 27.1 Å². The largest absolute Gasteiger partial charge is 0.497 e. The minimum Gasteiger partial charge on any atom is -0.497 e. The van der Waals surface area contributed by atoms with Crippen molar-refractivity contribution in [2.24, 2.45) is 0 Å². The number of carbonyl (C=O) groups is 2. The molecule has 0 saturated heterocycles. The smallest absolute Gasteiger partial charge is 0.264 e. The minimum absolute atomic E-state index is 0.0270. The zero-order valence-corrected chi connectivity index (χ0v) is 23.4. The van der Waals surface area contributed by atoms with Crippen LogP contribution in [0.4, 0.5) is 10.1 Å². The van der Waals surface area contributed by atoms with Crippen molar-refractivity contribution in [2.75, 3.05) is 24.5 Å². The fourth-order valence-electron chi connectivity index (χ4n) is 3.91. The Morgan fingerprint density at radius 2 is 1.64 bits per heavy atom. The Morgan fingerprint density at radius 1 is 1.00 bits per heavy atom. The van der Waals surface area contributed by atoms with Gasteiger partial charge in [0, 0.05) is 13.1 Å². The third-order valence-corrected chi connectivity index (χ3v) is 8.01. The Labute approximate surface area is 229 Å². The van der Waals surface area contributed by atoms with E-state index in [0.717, 1.165) is 15.9 Å². The molecular weight excluding hydrogens is 521 g/mol. The predicted octanol–water partition coefficient (Wildman–Crippen LogP) is 4.28. The minimum atomic E-state index is -4.34. The Morgan fingerprint density at radius 3 is 2.23 bits per heavy atom. The molecule has 0 fully saturated rings. The number of carbonyl (C=O) groups excluding carboxylic acids is 2. The quantitative estimate of drug-likeness (QED) is 0.360. The molecule has 2 amide bonds. The van der Waals surface area contributed by atoms with Crippen molar-refractivity contribution in [1.82, 2.24) is 10.2 Å². The van der Waals surface area contributed by atoms with Crippen LogP contribution in [-0.4, -0.2) is 51.4 Å². The number of para-hydroxylation sites is 1. The van der Waals surface area contributed by atoms with Gasteiger partial charge >= 0.3 is 0 Å². The van der Waals surface area contributed by atoms with Gasteiger partial charge in [-0.2, -0.15) is 0 Å². The molecule has 3 aromatic carbocycles. The number of halogens is 1. The molecule has 0 spiro atoms. The third kappa shape index (κ3) is 7.35. The summed E-state index contributed by atoms with van der Waals surface area (Å²) in [5, 5.41) is 2.78. The molecule has 0 saturated carbocycles. The first-order chi connectivity index (χ1) is 18.6. The summed E-state index contributed by atoms with van der Waals surface area (Å²) in [6.45, 7) is 5.05. The van der Waals surface area contributed by atoms with E-state index in [0.29, 0.717) is 24.3 Å². The van der Waals surface area contributed by atoms with Crippen molar-refractivity contribution in [2.45, 2.75) is 44.7 Å². The molecule has 39 heavy (non-hydrogen) atoms. The van der Waals surface area contributed by atoms with E-state index in [1.807, 2.05) is 13.8 Å². The second-order valence-corrected chi connectivity index (χ2v) is 11.0. The number of aryl methyl sites for hydroxylation is 1. The van der Waals surface area contributed by atoms with Gasteiger partial charge < -0.3 is 15.0 Å². The van der Waals surface area contributed by atoms with Gasteiger partial charge in [-0.1, -0.05) is 48.9 Å². The topological polar surface area (TPSA) is 96.0 Å². The van der Waals surface area contributed by atoms with Gasteiger partial charge in [0.25, 0.3) is 10.0 Å². The molecule has 0 aliphatic heterocycles. The average Bonchev–Trinajstić information content (AvgIpc) is 2.93. The Balaban J connectivity index is 2.02. The van der Waals surface area contributed by atoms with Crippen LogP contribution in [0.1, 0.15) is 31.4 Å². The van der Waals surface area contributed by atoms with Crippen LogP contribution in [0, 0.1) is 12.7 Å². The van der Waals surface area contributed by atoms with Crippen LogP contribution >= 0.6 is 0 Å². The standard InChI is InChI=1S/C29H34FN3O5S/c1-5-18-31-29(35)22(3)32(19-23-12-14-24(38-4)15-13-23)28(34)20-33(27-9-7-6-8-26(27)30)39(36,37)25-16-10-21(2)11-17-25/h6-17,22H,5,18-20H2,1-4H3,(H,31,35)/t22-/m0/s1. The monoisotopic (exact) mass is 555 g/mol. The molecule has 0 aliphatic rings. The third-order valence-electron chi connectivity index (χ3n) is 6.24. The highest BCUT2D eigenvalue weighted by Crippen LogP contribution is 2.27. The molecule has 0 aromatic heterocycles. The predicted molar refractivity (Wildman–Crippen MR) is 148 cm³/mol. The van der Waals surface area contributed by atoms with E-state index >= 15 is 0 Å². The maximum atomic E-state index is 14.9. The first-order valence-electron chi connectivity index (χ1n) is 12.6. The van der Waals surface area contributed by atoms with E-state index in [1.54, 1.807) is 43.3 Å². The van der Waals surface area contributed by atoms with Crippen LogP contribution in [0.15, 0.2) is 77.7 Å². The van der Waals surface area contributed by atoms with Gasteiger partial charge in [-0.25, -0.2) is 12.8 Å². The van der Waals surface area contributed by atoms with E-state index in [1.165, 1.54) is 42.3 Å². The molecule has 1 N–H and O–H groups in total. The van der Waals surface area contributed by atoms with E-state index in [-0.39, 0.29) is 23.0 Å². The van der Waals surface area contributed by atoms with Gasteiger partial charge in [0.2, 0.25) is 11.8 Å². The summed E-state index contributed by atoms with van der Waals surface area (Å²) in [6, 6.07) is 17.5. The molecule has 8 nitrogen and oxygen atoms in total. The van der Waals surface area contributed by atoms with Crippen molar-refractivity contribution in [3.05, 3.63) is 89.7 Å². The lowest BCUT2D eigenvalue weighted by Crippen LogP contribution is -2.51. The molecule has 3 rings (SSSR count). The van der Waals surface area contributed by atoms with Crippen molar-refractivity contribution in [3.8, 4) is 5.75 Å². The zero-order chi connectivity index (χ0) is 28.6. The van der Waals surface area contributed by atoms with E-state index in [9.17, 15) is 22.4 Å². The molecule has 1 atom stereocenters. The number of hydrogen-bond acceptors (Lipinski definition) is 5. The van der Waals surface area contributed by atoms with E-state index in [2.05, 4.69) is 5.32 Å². The summed E-state index contributed by atoms with van der Waals surface area (Å²) in [5.74, 6) is -1.21. The summed E-state index contributed by atoms with van der Waals surface area (Å²) >= 11 is 0. The van der Waals surface area contributed by atoms with E-state index < -0.39 is 34.3 Å². The number of nitrogens with one attached hydrogen (secondary N) is 1. The van der Waals surface area contributed by atoms with Crippen LogP contribution in [0.3, 0.4) is 0 Å². The first-order valence-corrected chi connectivity index (χ1v) is 14.1. The SMILES string of the molecule is CCCNC(=O)[C@H](C)N(Cc1ccc(OC)cc1)C(=O)CN(c1ccccc1F)S(=O)(=O)c1ccc(C)cc1. The number of rotatable bonds is 12. The number of sulfonamides is 1. The number of ether oxygens (including phenoxy) is 1. The fraction of sp³-hybridized carbons (Fsp3) is 0.310. The van der Waals surface area contributed by atoms with Gasteiger partial charge in [-0.3, -0.25) is 13.9 Å². The second kappa shape index (κ2) is 13.2. The zero-order valence-electron chi connectivity index (χ0n) is 22.6. The lowest BCUT2D eigenvalue weighted by Gasteiger charge is -2.32. The number of benzene rings is 3. The molecule has 0 radical (unpaired) electrons. The van der Waals surface area contributed by atoms with Crippen LogP contribution in [-0.2, 0) is 26.2 Å². The highest BCUT2D eigenvalue weighted by molar-refractivity contribution is 7.92. The Hall–Kier alpha value is -3.92. The lowest BCUT2D eigenvalue weighted by atomic mass is 10.1. The first kappa shape index (κ1) is 29.6. The van der Waals surface area contributed by atoms with E-state index in [4.69, 9.17) is 4.74 Å². The summed E-state index contributed by atoms with van der Waals surface area (Å²) in [6.07, 6.45) is 0.709. The maximum absolute atomic E-state index is 14.9. The molecule has 208 valence electrons. The molecule has 10 heteroatoms. The highest BCUT2D eigenvalue weighted by Gasteiger charge is 2.33. The van der Waals surface area contributed by atoms with Gasteiger partial charge in [0.15, 0.2) is 0 Å². The van der Waals surface area contributed by atoms with Gasteiger partial charge in [0.05, 0.1) is 17.7 Å².